The summed E-state index contributed by atoms with van der Waals surface area (Å²) in [5.41, 5.74) is 0.459. The van der Waals surface area contributed by atoms with Crippen LogP contribution in [0.3, 0.4) is 0 Å². The van der Waals surface area contributed by atoms with Crippen LogP contribution < -0.4 is 10.6 Å². The molecule has 3 amide bonds. The van der Waals surface area contributed by atoms with Crippen molar-refractivity contribution in [2.24, 2.45) is 0 Å². The number of urea groups is 1. The second kappa shape index (κ2) is 4.76. The van der Waals surface area contributed by atoms with Crippen LogP contribution in [-0.4, -0.2) is 31.2 Å². The molecule has 1 atom stereocenters. The first-order valence-electron chi connectivity index (χ1n) is 5.01. The number of hydrogen-bond donors (Lipinski definition) is 2. The zero-order valence-electron chi connectivity index (χ0n) is 8.60. The molecule has 0 spiro atoms. The minimum atomic E-state index is -0.496. The van der Waals surface area contributed by atoms with E-state index in [0.717, 1.165) is 0 Å². The number of benzene rings is 1. The first kappa shape index (κ1) is 10.6. The third kappa shape index (κ3) is 3.06. The smallest absolute Gasteiger partial charge is 0.321 e. The molecule has 0 bridgehead atoms. The molecule has 1 aliphatic heterocycles. The summed E-state index contributed by atoms with van der Waals surface area (Å²) in [4.78, 5) is 22.8. The molecular weight excluding hydrogens is 208 g/mol. The van der Waals surface area contributed by atoms with Gasteiger partial charge in [0.25, 0.3) is 5.91 Å². The molecule has 1 aliphatic rings. The fraction of sp³-hybridized carbons (Fsp3) is 0.273. The zero-order valence-corrected chi connectivity index (χ0v) is 8.60. The van der Waals surface area contributed by atoms with Crippen LogP contribution in [0.25, 0.3) is 0 Å². The lowest BCUT2D eigenvalue weighted by atomic mass is 10.2. The molecular formula is C11H12N2O3. The molecule has 16 heavy (non-hydrogen) atoms. The van der Waals surface area contributed by atoms with E-state index >= 15 is 0 Å². The van der Waals surface area contributed by atoms with Crippen LogP contribution in [0.2, 0.25) is 0 Å². The Labute approximate surface area is 92.8 Å². The standard InChI is InChI=1S/C11H12N2O3/c14-10(8-4-2-1-3-5-8)13-11(15)12-6-9-7-16-9/h1-5,9H,6-7H2,(H2,12,13,14,15). The van der Waals surface area contributed by atoms with Gasteiger partial charge in [0.2, 0.25) is 0 Å². The number of hydrogen-bond acceptors (Lipinski definition) is 3. The summed E-state index contributed by atoms with van der Waals surface area (Å²) >= 11 is 0. The maximum atomic E-state index is 11.5. The monoisotopic (exact) mass is 220 g/mol. The molecule has 1 aromatic rings. The molecule has 0 aromatic heterocycles. The molecule has 5 nitrogen and oxygen atoms in total. The van der Waals surface area contributed by atoms with Crippen molar-refractivity contribution in [3.8, 4) is 0 Å². The highest BCUT2D eigenvalue weighted by atomic mass is 16.6. The third-order valence-corrected chi connectivity index (χ3v) is 2.16. The van der Waals surface area contributed by atoms with E-state index in [-0.39, 0.29) is 6.10 Å². The lowest BCUT2D eigenvalue weighted by Gasteiger charge is -2.04. The second-order valence-corrected chi connectivity index (χ2v) is 3.49. The van der Waals surface area contributed by atoms with Crippen molar-refractivity contribution in [2.45, 2.75) is 6.10 Å². The highest BCUT2D eigenvalue weighted by Crippen LogP contribution is 2.05. The van der Waals surface area contributed by atoms with Crippen LogP contribution in [-0.2, 0) is 4.74 Å². The number of ether oxygens (including phenoxy) is 1. The molecule has 5 heteroatoms. The molecule has 1 aromatic carbocycles. The van der Waals surface area contributed by atoms with Gasteiger partial charge in [0, 0.05) is 12.1 Å². The summed E-state index contributed by atoms with van der Waals surface area (Å²) in [5, 5.41) is 4.78. The van der Waals surface area contributed by atoms with Gasteiger partial charge in [-0.3, -0.25) is 10.1 Å². The number of carbonyl (C=O) groups excluding carboxylic acids is 2. The van der Waals surface area contributed by atoms with Crippen LogP contribution >= 0.6 is 0 Å². The maximum absolute atomic E-state index is 11.5. The Hall–Kier alpha value is -1.88. The molecule has 1 saturated heterocycles. The van der Waals surface area contributed by atoms with Gasteiger partial charge in [-0.1, -0.05) is 18.2 Å². The quantitative estimate of drug-likeness (QED) is 0.730. The molecule has 1 fully saturated rings. The Kier molecular flexibility index (Phi) is 3.16. The Bertz CT molecular complexity index is 387. The van der Waals surface area contributed by atoms with Crippen LogP contribution in [0, 0.1) is 0 Å². The average molecular weight is 220 g/mol. The average Bonchev–Trinajstić information content (AvgIpc) is 3.11. The van der Waals surface area contributed by atoms with Crippen LogP contribution in [0.4, 0.5) is 4.79 Å². The molecule has 2 N–H and O–H groups in total. The summed E-state index contributed by atoms with van der Waals surface area (Å²) in [5.74, 6) is -0.408. The van der Waals surface area contributed by atoms with Gasteiger partial charge in [-0.05, 0) is 12.1 Å². The summed E-state index contributed by atoms with van der Waals surface area (Å²) in [6.45, 7) is 1.11. The fourth-order valence-electron chi connectivity index (χ4n) is 1.20. The number of nitrogens with one attached hydrogen (secondary N) is 2. The van der Waals surface area contributed by atoms with Crippen LogP contribution in [0.1, 0.15) is 10.4 Å². The Morgan fingerprint density at radius 3 is 2.62 bits per heavy atom. The van der Waals surface area contributed by atoms with Gasteiger partial charge in [0.1, 0.15) is 0 Å². The largest absolute Gasteiger partial charge is 0.371 e. The Morgan fingerprint density at radius 2 is 2.00 bits per heavy atom. The first-order chi connectivity index (χ1) is 7.75. The predicted octanol–water partition coefficient (Wildman–Crippen LogP) is 0.525. The molecule has 1 heterocycles. The number of carbonyl (C=O) groups is 2. The van der Waals surface area contributed by atoms with Crippen LogP contribution in [0.5, 0.6) is 0 Å². The van der Waals surface area contributed by atoms with Gasteiger partial charge in [0.15, 0.2) is 0 Å². The van der Waals surface area contributed by atoms with Crippen molar-refractivity contribution in [3.05, 3.63) is 35.9 Å². The predicted molar refractivity (Wildman–Crippen MR) is 57.0 cm³/mol. The Balaban J connectivity index is 1.79. The molecule has 0 saturated carbocycles. The van der Waals surface area contributed by atoms with E-state index in [1.54, 1.807) is 30.3 Å². The minimum absolute atomic E-state index is 0.109. The van der Waals surface area contributed by atoms with Crippen molar-refractivity contribution >= 4 is 11.9 Å². The summed E-state index contributed by atoms with van der Waals surface area (Å²) < 4.78 is 4.92. The molecule has 0 aliphatic carbocycles. The molecule has 2 rings (SSSR count). The number of rotatable bonds is 3. The van der Waals surface area contributed by atoms with Gasteiger partial charge in [0.05, 0.1) is 12.7 Å². The van der Waals surface area contributed by atoms with Gasteiger partial charge in [-0.15, -0.1) is 0 Å². The van der Waals surface area contributed by atoms with E-state index in [1.165, 1.54) is 0 Å². The number of epoxide rings is 1. The van der Waals surface area contributed by atoms with E-state index < -0.39 is 11.9 Å². The minimum Gasteiger partial charge on any atom is -0.371 e. The SMILES string of the molecule is O=C(NCC1CO1)NC(=O)c1ccccc1. The van der Waals surface area contributed by atoms with E-state index in [0.29, 0.717) is 18.7 Å². The van der Waals surface area contributed by atoms with Crippen molar-refractivity contribution in [2.75, 3.05) is 13.2 Å². The highest BCUT2D eigenvalue weighted by molar-refractivity contribution is 6.04. The topological polar surface area (TPSA) is 70.7 Å². The normalized spacial score (nSPS) is 17.6. The lowest BCUT2D eigenvalue weighted by molar-refractivity contribution is 0.0964. The van der Waals surface area contributed by atoms with E-state index in [4.69, 9.17) is 4.74 Å². The number of imide groups is 1. The van der Waals surface area contributed by atoms with E-state index in [2.05, 4.69) is 10.6 Å². The highest BCUT2D eigenvalue weighted by Gasteiger charge is 2.23. The maximum Gasteiger partial charge on any atom is 0.321 e. The zero-order chi connectivity index (χ0) is 11.4. The summed E-state index contributed by atoms with van der Waals surface area (Å²) in [6.07, 6.45) is 0.109. The fourth-order valence-corrected chi connectivity index (χ4v) is 1.20. The van der Waals surface area contributed by atoms with Crippen LogP contribution in [0.15, 0.2) is 30.3 Å². The molecule has 1 unspecified atom stereocenters. The first-order valence-corrected chi connectivity index (χ1v) is 5.01. The van der Waals surface area contributed by atoms with Crippen molar-refractivity contribution in [3.63, 3.8) is 0 Å². The lowest BCUT2D eigenvalue weighted by Crippen LogP contribution is -2.40. The van der Waals surface area contributed by atoms with Crippen molar-refractivity contribution in [1.82, 2.24) is 10.6 Å². The molecule has 0 radical (unpaired) electrons. The number of amides is 3. The third-order valence-electron chi connectivity index (χ3n) is 2.16. The van der Waals surface area contributed by atoms with E-state index in [1.807, 2.05) is 0 Å². The van der Waals surface area contributed by atoms with Gasteiger partial charge in [-0.2, -0.15) is 0 Å². The molecule has 84 valence electrons. The van der Waals surface area contributed by atoms with Gasteiger partial charge >= 0.3 is 6.03 Å². The van der Waals surface area contributed by atoms with Gasteiger partial charge in [-0.25, -0.2) is 4.79 Å². The Morgan fingerprint density at radius 1 is 1.31 bits per heavy atom. The van der Waals surface area contributed by atoms with Crippen molar-refractivity contribution < 1.29 is 14.3 Å². The van der Waals surface area contributed by atoms with Crippen molar-refractivity contribution in [1.29, 1.82) is 0 Å². The summed E-state index contributed by atoms with van der Waals surface area (Å²) in [6, 6.07) is 8.08. The van der Waals surface area contributed by atoms with E-state index in [9.17, 15) is 9.59 Å². The second-order valence-electron chi connectivity index (χ2n) is 3.49. The van der Waals surface area contributed by atoms with Gasteiger partial charge < -0.3 is 10.1 Å². The summed E-state index contributed by atoms with van der Waals surface area (Å²) in [7, 11) is 0.